The summed E-state index contributed by atoms with van der Waals surface area (Å²) in [4.78, 5) is 7.35. The summed E-state index contributed by atoms with van der Waals surface area (Å²) in [7, 11) is 0. The van der Waals surface area contributed by atoms with Crippen molar-refractivity contribution in [3.63, 3.8) is 0 Å². The Morgan fingerprint density at radius 2 is 2.23 bits per heavy atom. The molecule has 0 fully saturated rings. The maximum atomic E-state index is 5.74. The summed E-state index contributed by atoms with van der Waals surface area (Å²) in [6.07, 6.45) is 1.72. The molecule has 0 saturated heterocycles. The minimum absolute atomic E-state index is 0.492. The van der Waals surface area contributed by atoms with Crippen LogP contribution < -0.4 is 5.73 Å². The van der Waals surface area contributed by atoms with E-state index in [1.165, 1.54) is 5.69 Å². The third-order valence-corrected chi connectivity index (χ3v) is 2.22. The normalized spacial score (nSPS) is 11.3. The maximum absolute atomic E-state index is 5.74. The van der Waals surface area contributed by atoms with Gasteiger partial charge in [0.2, 0.25) is 0 Å². The second-order valence-electron chi connectivity index (χ2n) is 3.54. The molecule has 0 spiro atoms. The lowest BCUT2D eigenvalue weighted by Crippen LogP contribution is -1.88. The van der Waals surface area contributed by atoms with E-state index < -0.39 is 0 Å². The van der Waals surface area contributed by atoms with Crippen molar-refractivity contribution in [1.82, 2.24) is 9.97 Å². The Kier molecular flexibility index (Phi) is 1.72. The summed E-state index contributed by atoms with van der Waals surface area (Å²) in [6, 6.07) is 4.01. The van der Waals surface area contributed by atoms with E-state index in [1.54, 1.807) is 6.20 Å². The number of nitrogens with zero attached hydrogens (tertiary/aromatic N) is 1. The number of H-pyrrole nitrogens is 1. The van der Waals surface area contributed by atoms with Crippen LogP contribution in [-0.2, 0) is 0 Å². The van der Waals surface area contributed by atoms with Gasteiger partial charge in [-0.2, -0.15) is 0 Å². The number of aromatic nitrogens is 2. The lowest BCUT2D eigenvalue weighted by Gasteiger charge is -1.97. The fourth-order valence-corrected chi connectivity index (χ4v) is 1.41. The molecule has 0 amide bonds. The van der Waals surface area contributed by atoms with Gasteiger partial charge >= 0.3 is 0 Å². The fraction of sp³-hybridized carbons (Fsp3) is 0.300. The van der Waals surface area contributed by atoms with Crippen LogP contribution >= 0.6 is 0 Å². The molecule has 2 aromatic rings. The molecule has 2 heterocycles. The number of anilines is 1. The molecule has 0 saturated carbocycles. The van der Waals surface area contributed by atoms with Gasteiger partial charge in [0.1, 0.15) is 5.82 Å². The number of hydrogen-bond acceptors (Lipinski definition) is 2. The zero-order valence-electron chi connectivity index (χ0n) is 7.83. The first-order valence-corrected chi connectivity index (χ1v) is 4.41. The average molecular weight is 175 g/mol. The van der Waals surface area contributed by atoms with Crippen LogP contribution in [-0.4, -0.2) is 9.97 Å². The molecule has 2 rings (SSSR count). The quantitative estimate of drug-likeness (QED) is 0.698. The monoisotopic (exact) mass is 175 g/mol. The molecule has 13 heavy (non-hydrogen) atoms. The third kappa shape index (κ3) is 1.26. The first-order chi connectivity index (χ1) is 6.18. The predicted octanol–water partition coefficient (Wildman–Crippen LogP) is 2.27. The molecule has 2 aromatic heterocycles. The van der Waals surface area contributed by atoms with Gasteiger partial charge in [-0.05, 0) is 18.1 Å². The van der Waals surface area contributed by atoms with Gasteiger partial charge in [0.15, 0.2) is 0 Å². The summed E-state index contributed by atoms with van der Waals surface area (Å²) in [5.41, 5.74) is 8.01. The molecule has 3 heteroatoms. The first kappa shape index (κ1) is 8.10. The van der Waals surface area contributed by atoms with Crippen molar-refractivity contribution in [2.45, 2.75) is 19.8 Å². The molecule has 68 valence electrons. The predicted molar refractivity (Wildman–Crippen MR) is 54.6 cm³/mol. The van der Waals surface area contributed by atoms with Crippen LogP contribution in [0.3, 0.4) is 0 Å². The highest BCUT2D eigenvalue weighted by Crippen LogP contribution is 2.23. The number of nitrogens with one attached hydrogen (secondary N) is 1. The number of nitrogen functional groups attached to an aromatic ring is 1. The SMILES string of the molecule is CC(C)c1cc2c(N)nccc2[nH]1. The number of pyridine rings is 1. The van der Waals surface area contributed by atoms with Crippen LogP contribution in [0.15, 0.2) is 18.3 Å². The van der Waals surface area contributed by atoms with Crippen molar-refractivity contribution in [2.24, 2.45) is 0 Å². The Balaban J connectivity index is 2.68. The minimum atomic E-state index is 0.492. The molecule has 3 nitrogen and oxygen atoms in total. The van der Waals surface area contributed by atoms with E-state index in [0.717, 1.165) is 10.9 Å². The first-order valence-electron chi connectivity index (χ1n) is 4.41. The molecule has 0 unspecified atom stereocenters. The van der Waals surface area contributed by atoms with Crippen LogP contribution in [0.2, 0.25) is 0 Å². The molecular formula is C10H13N3. The van der Waals surface area contributed by atoms with E-state index in [4.69, 9.17) is 5.73 Å². The Bertz CT molecular complexity index is 429. The van der Waals surface area contributed by atoms with Gasteiger partial charge in [0.05, 0.1) is 5.52 Å². The molecule has 0 aliphatic heterocycles. The summed E-state index contributed by atoms with van der Waals surface area (Å²) < 4.78 is 0. The molecule has 0 bridgehead atoms. The standard InChI is InChI=1S/C10H13N3/c1-6(2)9-5-7-8(13-9)3-4-12-10(7)11/h3-6,13H,1-2H3,(H2,11,12). The van der Waals surface area contributed by atoms with E-state index in [0.29, 0.717) is 11.7 Å². The van der Waals surface area contributed by atoms with Gasteiger partial charge in [0.25, 0.3) is 0 Å². The van der Waals surface area contributed by atoms with E-state index in [-0.39, 0.29) is 0 Å². The van der Waals surface area contributed by atoms with Gasteiger partial charge in [0, 0.05) is 17.3 Å². The smallest absolute Gasteiger partial charge is 0.132 e. The lowest BCUT2D eigenvalue weighted by molar-refractivity contribution is 0.836. The molecule has 0 aliphatic carbocycles. The fourth-order valence-electron chi connectivity index (χ4n) is 1.41. The van der Waals surface area contributed by atoms with Gasteiger partial charge in [-0.1, -0.05) is 13.8 Å². The van der Waals surface area contributed by atoms with Crippen LogP contribution in [0.4, 0.5) is 5.82 Å². The topological polar surface area (TPSA) is 54.7 Å². The lowest BCUT2D eigenvalue weighted by atomic mass is 10.1. The van der Waals surface area contributed by atoms with Gasteiger partial charge < -0.3 is 10.7 Å². The second kappa shape index (κ2) is 2.76. The minimum Gasteiger partial charge on any atom is -0.383 e. The van der Waals surface area contributed by atoms with Crippen molar-refractivity contribution in [3.05, 3.63) is 24.0 Å². The van der Waals surface area contributed by atoms with Gasteiger partial charge in [-0.3, -0.25) is 0 Å². The van der Waals surface area contributed by atoms with Crippen molar-refractivity contribution >= 4 is 16.7 Å². The zero-order chi connectivity index (χ0) is 9.42. The zero-order valence-corrected chi connectivity index (χ0v) is 7.83. The average Bonchev–Trinajstić information content (AvgIpc) is 2.49. The number of nitrogens with two attached hydrogens (primary N) is 1. The van der Waals surface area contributed by atoms with Gasteiger partial charge in [-0.15, -0.1) is 0 Å². The van der Waals surface area contributed by atoms with E-state index in [9.17, 15) is 0 Å². The number of hydrogen-bond donors (Lipinski definition) is 2. The Labute approximate surface area is 77.0 Å². The Morgan fingerprint density at radius 3 is 2.85 bits per heavy atom. The Morgan fingerprint density at radius 1 is 1.46 bits per heavy atom. The van der Waals surface area contributed by atoms with Gasteiger partial charge in [-0.25, -0.2) is 4.98 Å². The number of rotatable bonds is 1. The maximum Gasteiger partial charge on any atom is 0.132 e. The van der Waals surface area contributed by atoms with Crippen LogP contribution in [0, 0.1) is 0 Å². The summed E-state index contributed by atoms with van der Waals surface area (Å²) >= 11 is 0. The molecule has 0 atom stereocenters. The Hall–Kier alpha value is -1.51. The molecule has 0 aromatic carbocycles. The van der Waals surface area contributed by atoms with E-state index >= 15 is 0 Å². The number of fused-ring (bicyclic) bond motifs is 1. The highest BCUT2D eigenvalue weighted by atomic mass is 14.8. The summed E-state index contributed by atoms with van der Waals surface area (Å²) in [5.74, 6) is 1.09. The molecule has 3 N–H and O–H groups in total. The number of aromatic amines is 1. The third-order valence-electron chi connectivity index (χ3n) is 2.22. The van der Waals surface area contributed by atoms with Crippen molar-refractivity contribution in [2.75, 3.05) is 5.73 Å². The van der Waals surface area contributed by atoms with Crippen LogP contribution in [0.1, 0.15) is 25.5 Å². The highest BCUT2D eigenvalue weighted by Gasteiger charge is 2.06. The van der Waals surface area contributed by atoms with Crippen LogP contribution in [0.5, 0.6) is 0 Å². The second-order valence-corrected chi connectivity index (χ2v) is 3.54. The van der Waals surface area contributed by atoms with E-state index in [2.05, 4.69) is 29.9 Å². The van der Waals surface area contributed by atoms with Crippen molar-refractivity contribution < 1.29 is 0 Å². The highest BCUT2D eigenvalue weighted by molar-refractivity contribution is 5.89. The summed E-state index contributed by atoms with van der Waals surface area (Å²) in [6.45, 7) is 4.29. The van der Waals surface area contributed by atoms with Crippen molar-refractivity contribution in [1.29, 1.82) is 0 Å². The van der Waals surface area contributed by atoms with E-state index in [1.807, 2.05) is 6.07 Å². The summed E-state index contributed by atoms with van der Waals surface area (Å²) in [5, 5.41) is 1.02. The van der Waals surface area contributed by atoms with Crippen LogP contribution in [0.25, 0.3) is 10.9 Å². The molecular weight excluding hydrogens is 162 g/mol. The van der Waals surface area contributed by atoms with Crippen molar-refractivity contribution in [3.8, 4) is 0 Å². The molecule has 0 aliphatic rings. The molecule has 0 radical (unpaired) electrons. The largest absolute Gasteiger partial charge is 0.383 e.